The molecule has 1 aliphatic heterocycles. The van der Waals surface area contributed by atoms with Crippen LogP contribution in [0.3, 0.4) is 0 Å². The smallest absolute Gasteiger partial charge is 0.208 e. The molecular formula is C14H28IN7O2S. The number of rotatable bonds is 6. The third kappa shape index (κ3) is 6.70. The van der Waals surface area contributed by atoms with E-state index < -0.39 is 10.0 Å². The third-order valence-corrected chi connectivity index (χ3v) is 4.57. The van der Waals surface area contributed by atoms with Crippen molar-refractivity contribution in [2.45, 2.75) is 45.2 Å². The van der Waals surface area contributed by atoms with Gasteiger partial charge < -0.3 is 15.2 Å². The van der Waals surface area contributed by atoms with Crippen LogP contribution < -0.4 is 15.4 Å². The van der Waals surface area contributed by atoms with E-state index in [4.69, 9.17) is 0 Å². The number of hydrogen-bond donors (Lipinski definition) is 3. The van der Waals surface area contributed by atoms with E-state index in [2.05, 4.69) is 49.0 Å². The molecule has 11 heteroatoms. The van der Waals surface area contributed by atoms with Crippen molar-refractivity contribution in [2.75, 3.05) is 26.4 Å². The lowest BCUT2D eigenvalue weighted by molar-refractivity contribution is 0.408. The Hall–Kier alpha value is -0.950. The fourth-order valence-electron chi connectivity index (χ4n) is 2.70. The Bertz CT molecular complexity index is 687. The minimum absolute atomic E-state index is 0. The highest BCUT2D eigenvalue weighted by Gasteiger charge is 2.24. The van der Waals surface area contributed by atoms with E-state index in [1.165, 1.54) is 0 Å². The number of aliphatic imine (C=N–C) groups is 1. The molecule has 1 atom stereocenters. The number of aryl methyl sites for hydroxylation is 1. The maximum atomic E-state index is 11.0. The van der Waals surface area contributed by atoms with Crippen molar-refractivity contribution < 1.29 is 8.42 Å². The molecule has 0 saturated carbocycles. The zero-order chi connectivity index (χ0) is 17.7. The topological polar surface area (TPSA) is 113 Å². The van der Waals surface area contributed by atoms with Crippen LogP contribution in [0.5, 0.6) is 0 Å². The molecule has 0 amide bonds. The van der Waals surface area contributed by atoms with E-state index in [1.54, 1.807) is 7.05 Å². The van der Waals surface area contributed by atoms with Crippen LogP contribution in [0, 0.1) is 0 Å². The van der Waals surface area contributed by atoms with Crippen LogP contribution in [0.15, 0.2) is 4.99 Å². The van der Waals surface area contributed by atoms with Gasteiger partial charge in [0.1, 0.15) is 11.6 Å². The summed E-state index contributed by atoms with van der Waals surface area (Å²) in [5.41, 5.74) is 0. The number of sulfonamides is 1. The molecule has 0 aliphatic carbocycles. The van der Waals surface area contributed by atoms with Crippen LogP contribution in [0.25, 0.3) is 0 Å². The van der Waals surface area contributed by atoms with Crippen LogP contribution in [0.1, 0.15) is 37.8 Å². The molecule has 1 unspecified atom stereocenters. The fourth-order valence-corrected chi connectivity index (χ4v) is 3.17. The minimum atomic E-state index is -3.16. The van der Waals surface area contributed by atoms with E-state index in [0.717, 1.165) is 37.3 Å². The van der Waals surface area contributed by atoms with E-state index in [-0.39, 0.29) is 30.0 Å². The molecule has 1 aromatic heterocycles. The molecule has 144 valence electrons. The van der Waals surface area contributed by atoms with E-state index in [1.807, 2.05) is 0 Å². The lowest BCUT2D eigenvalue weighted by Gasteiger charge is -2.27. The predicted molar refractivity (Wildman–Crippen MR) is 109 cm³/mol. The van der Waals surface area contributed by atoms with Gasteiger partial charge in [-0.15, -0.1) is 34.2 Å². The van der Waals surface area contributed by atoms with Crippen molar-refractivity contribution in [3.05, 3.63) is 11.6 Å². The van der Waals surface area contributed by atoms with Gasteiger partial charge in [0.15, 0.2) is 5.96 Å². The van der Waals surface area contributed by atoms with Gasteiger partial charge in [0.05, 0.1) is 6.26 Å². The molecule has 0 aromatic carbocycles. The second-order valence-corrected chi connectivity index (χ2v) is 8.12. The highest BCUT2D eigenvalue weighted by Crippen LogP contribution is 2.19. The summed E-state index contributed by atoms with van der Waals surface area (Å²) in [6.45, 7) is 5.82. The Kier molecular flexibility index (Phi) is 8.54. The van der Waals surface area contributed by atoms with Crippen LogP contribution in [-0.4, -0.2) is 61.6 Å². The summed E-state index contributed by atoms with van der Waals surface area (Å²) in [7, 11) is -1.46. The molecule has 2 rings (SSSR count). The number of halogens is 1. The SMILES string of the molecule is CN=C(NCCNS(C)(=O)=O)NC1CCc2nnc(C(C)C)n2C1.I. The number of fused-ring (bicyclic) bond motifs is 1. The van der Waals surface area contributed by atoms with Gasteiger partial charge in [0.25, 0.3) is 0 Å². The number of aromatic nitrogens is 3. The minimum Gasteiger partial charge on any atom is -0.355 e. The Morgan fingerprint density at radius 1 is 1.36 bits per heavy atom. The molecule has 9 nitrogen and oxygen atoms in total. The fraction of sp³-hybridized carbons (Fsp3) is 0.786. The lowest BCUT2D eigenvalue weighted by Crippen LogP contribution is -2.48. The van der Waals surface area contributed by atoms with E-state index >= 15 is 0 Å². The van der Waals surface area contributed by atoms with Gasteiger partial charge in [-0.05, 0) is 6.42 Å². The Morgan fingerprint density at radius 3 is 2.68 bits per heavy atom. The predicted octanol–water partition coefficient (Wildman–Crippen LogP) is 0.0485. The normalized spacial score (nSPS) is 17.8. The molecule has 2 heterocycles. The number of hydrogen-bond acceptors (Lipinski definition) is 5. The Balaban J connectivity index is 0.00000312. The summed E-state index contributed by atoms with van der Waals surface area (Å²) in [5.74, 6) is 3.05. The van der Waals surface area contributed by atoms with Crippen LogP contribution in [0.4, 0.5) is 0 Å². The van der Waals surface area contributed by atoms with Gasteiger partial charge in [0, 0.05) is 45.1 Å². The largest absolute Gasteiger partial charge is 0.355 e. The van der Waals surface area contributed by atoms with Crippen molar-refractivity contribution in [1.29, 1.82) is 0 Å². The van der Waals surface area contributed by atoms with Crippen molar-refractivity contribution in [2.24, 2.45) is 4.99 Å². The van der Waals surface area contributed by atoms with Gasteiger partial charge in [-0.2, -0.15) is 0 Å². The molecule has 25 heavy (non-hydrogen) atoms. The molecular weight excluding hydrogens is 457 g/mol. The van der Waals surface area contributed by atoms with Crippen molar-refractivity contribution in [3.63, 3.8) is 0 Å². The van der Waals surface area contributed by atoms with Crippen molar-refractivity contribution >= 4 is 40.0 Å². The summed E-state index contributed by atoms with van der Waals surface area (Å²) >= 11 is 0. The quantitative estimate of drug-likeness (QED) is 0.227. The molecule has 0 fully saturated rings. The zero-order valence-corrected chi connectivity index (χ0v) is 18.3. The van der Waals surface area contributed by atoms with Gasteiger partial charge in [-0.25, -0.2) is 13.1 Å². The first-order valence-corrected chi connectivity index (χ1v) is 10.0. The molecule has 3 N–H and O–H groups in total. The van der Waals surface area contributed by atoms with Crippen molar-refractivity contribution in [1.82, 2.24) is 30.1 Å². The monoisotopic (exact) mass is 485 g/mol. The zero-order valence-electron chi connectivity index (χ0n) is 15.1. The second-order valence-electron chi connectivity index (χ2n) is 6.29. The lowest BCUT2D eigenvalue weighted by atomic mass is 10.1. The summed E-state index contributed by atoms with van der Waals surface area (Å²) in [5, 5.41) is 15.1. The number of nitrogens with one attached hydrogen (secondary N) is 3. The standard InChI is InChI=1S/C14H27N7O2S.HI/c1-10(2)13-20-19-12-6-5-11(9-21(12)13)18-14(15-3)16-7-8-17-24(4,22)23;/h10-11,17H,5-9H2,1-4H3,(H2,15,16,18);1H. The Labute approximate surface area is 166 Å². The second kappa shape index (κ2) is 9.67. The summed E-state index contributed by atoms with van der Waals surface area (Å²) in [4.78, 5) is 4.19. The first-order chi connectivity index (χ1) is 11.3. The number of guanidine groups is 1. The Morgan fingerprint density at radius 2 is 2.08 bits per heavy atom. The average Bonchev–Trinajstić information content (AvgIpc) is 2.92. The molecule has 0 saturated heterocycles. The third-order valence-electron chi connectivity index (χ3n) is 3.84. The highest BCUT2D eigenvalue weighted by molar-refractivity contribution is 14.0. The summed E-state index contributed by atoms with van der Waals surface area (Å²) in [6, 6.07) is 0.236. The van der Waals surface area contributed by atoms with E-state index in [0.29, 0.717) is 25.0 Å². The van der Waals surface area contributed by atoms with Crippen LogP contribution in [-0.2, 0) is 23.0 Å². The van der Waals surface area contributed by atoms with Crippen molar-refractivity contribution in [3.8, 4) is 0 Å². The maximum absolute atomic E-state index is 11.0. The first-order valence-electron chi connectivity index (χ1n) is 8.14. The van der Waals surface area contributed by atoms with E-state index in [9.17, 15) is 8.42 Å². The van der Waals surface area contributed by atoms with Crippen LogP contribution >= 0.6 is 24.0 Å². The van der Waals surface area contributed by atoms with Gasteiger partial charge >= 0.3 is 0 Å². The molecule has 0 radical (unpaired) electrons. The maximum Gasteiger partial charge on any atom is 0.208 e. The molecule has 1 aromatic rings. The number of nitrogens with zero attached hydrogens (tertiary/aromatic N) is 4. The molecule has 0 spiro atoms. The van der Waals surface area contributed by atoms with Gasteiger partial charge in [-0.1, -0.05) is 13.8 Å². The van der Waals surface area contributed by atoms with Crippen LogP contribution in [0.2, 0.25) is 0 Å². The molecule has 0 bridgehead atoms. The average molecular weight is 485 g/mol. The summed E-state index contributed by atoms with van der Waals surface area (Å²) < 4.78 is 26.7. The highest BCUT2D eigenvalue weighted by atomic mass is 127. The molecule has 1 aliphatic rings. The van der Waals surface area contributed by atoms with Gasteiger partial charge in [-0.3, -0.25) is 4.99 Å². The van der Waals surface area contributed by atoms with Gasteiger partial charge in [0.2, 0.25) is 10.0 Å². The summed E-state index contributed by atoms with van der Waals surface area (Å²) in [6.07, 6.45) is 2.98. The first kappa shape index (κ1) is 22.1.